The van der Waals surface area contributed by atoms with Crippen LogP contribution in [0.3, 0.4) is 0 Å². The van der Waals surface area contributed by atoms with Crippen LogP contribution in [-0.4, -0.2) is 71.8 Å². The predicted octanol–water partition coefficient (Wildman–Crippen LogP) is 1.99. The van der Waals surface area contributed by atoms with E-state index in [1.807, 2.05) is 12.3 Å². The van der Waals surface area contributed by atoms with E-state index in [0.29, 0.717) is 42.6 Å². The molecule has 8 heteroatoms. The zero-order chi connectivity index (χ0) is 19.1. The predicted molar refractivity (Wildman–Crippen MR) is 107 cm³/mol. The molecule has 1 fully saturated rings. The van der Waals surface area contributed by atoms with Gasteiger partial charge in [-0.05, 0) is 46.5 Å². The van der Waals surface area contributed by atoms with Crippen molar-refractivity contribution in [2.75, 3.05) is 38.2 Å². The van der Waals surface area contributed by atoms with Gasteiger partial charge in [0.2, 0.25) is 11.8 Å². The summed E-state index contributed by atoms with van der Waals surface area (Å²) in [5, 5.41) is 2.89. The lowest BCUT2D eigenvalue weighted by Gasteiger charge is -2.36. The average molecular weight is 442 g/mol. The minimum atomic E-state index is -0.564. The smallest absolute Gasteiger partial charge is 0.253 e. The number of piperazine rings is 1. The zero-order valence-electron chi connectivity index (χ0n) is 15.0. The van der Waals surface area contributed by atoms with E-state index in [1.54, 1.807) is 39.8 Å². The van der Waals surface area contributed by atoms with Crippen molar-refractivity contribution < 1.29 is 14.4 Å². The number of nitrogens with one attached hydrogen (secondary N) is 1. The minimum Gasteiger partial charge on any atom is -0.340 e. The highest BCUT2D eigenvalue weighted by Gasteiger charge is 2.29. The summed E-state index contributed by atoms with van der Waals surface area (Å²) in [4.78, 5) is 40.4. The fourth-order valence-electron chi connectivity index (χ4n) is 2.84. The van der Waals surface area contributed by atoms with Crippen molar-refractivity contribution in [1.29, 1.82) is 0 Å². The molecule has 1 atom stereocenters. The third-order valence-corrected chi connectivity index (χ3v) is 5.70. The molecule has 3 amide bonds. The number of carbonyl (C=O) groups excluding carboxylic acids is 3. The van der Waals surface area contributed by atoms with Crippen molar-refractivity contribution in [3.63, 3.8) is 0 Å². The number of hydrogen-bond donors (Lipinski definition) is 1. The first-order chi connectivity index (χ1) is 12.4. The lowest BCUT2D eigenvalue weighted by Crippen LogP contribution is -2.55. The summed E-state index contributed by atoms with van der Waals surface area (Å²) in [6.07, 6.45) is 2.55. The molecule has 26 heavy (non-hydrogen) atoms. The Morgan fingerprint density at radius 2 is 1.77 bits per heavy atom. The van der Waals surface area contributed by atoms with Crippen molar-refractivity contribution in [3.8, 4) is 0 Å². The van der Waals surface area contributed by atoms with E-state index in [0.717, 1.165) is 5.75 Å². The van der Waals surface area contributed by atoms with Crippen molar-refractivity contribution in [2.24, 2.45) is 0 Å². The fraction of sp³-hybridized carbons (Fsp3) is 0.500. The summed E-state index contributed by atoms with van der Waals surface area (Å²) >= 11 is 5.02. The second-order valence-corrected chi connectivity index (χ2v) is 7.96. The molecule has 1 aliphatic rings. The van der Waals surface area contributed by atoms with Gasteiger partial charge in [-0.15, -0.1) is 0 Å². The number of halogens is 1. The number of thioether (sulfide) groups is 1. The maximum Gasteiger partial charge on any atom is 0.253 e. The Morgan fingerprint density at radius 1 is 1.15 bits per heavy atom. The molecule has 1 aromatic rings. The fourth-order valence-corrected chi connectivity index (χ4v) is 3.77. The third kappa shape index (κ3) is 5.48. The lowest BCUT2D eigenvalue weighted by molar-refractivity contribution is -0.139. The van der Waals surface area contributed by atoms with Gasteiger partial charge in [-0.1, -0.05) is 12.1 Å². The number of rotatable bonds is 6. The first kappa shape index (κ1) is 20.8. The van der Waals surface area contributed by atoms with Crippen molar-refractivity contribution in [1.82, 2.24) is 15.1 Å². The number of nitrogens with zero attached hydrogens (tertiary/aromatic N) is 2. The van der Waals surface area contributed by atoms with Crippen molar-refractivity contribution in [2.45, 2.75) is 19.4 Å². The molecule has 1 aliphatic heterocycles. The third-order valence-electron chi connectivity index (χ3n) is 4.37. The van der Waals surface area contributed by atoms with E-state index in [2.05, 4.69) is 21.2 Å². The summed E-state index contributed by atoms with van der Waals surface area (Å²) < 4.78 is 0.698. The normalized spacial score (nSPS) is 15.5. The maximum atomic E-state index is 12.9. The molecule has 1 N–H and O–H groups in total. The van der Waals surface area contributed by atoms with Crippen LogP contribution in [0.2, 0.25) is 0 Å². The molecular formula is C18H24BrN3O3S. The molecule has 2 rings (SSSR count). The molecule has 0 unspecified atom stereocenters. The zero-order valence-corrected chi connectivity index (χ0v) is 17.4. The lowest BCUT2D eigenvalue weighted by atomic mass is 10.1. The Kier molecular flexibility index (Phi) is 7.96. The van der Waals surface area contributed by atoms with E-state index in [4.69, 9.17) is 0 Å². The van der Waals surface area contributed by atoms with Crippen LogP contribution >= 0.6 is 27.7 Å². The first-order valence-electron chi connectivity index (χ1n) is 8.52. The van der Waals surface area contributed by atoms with E-state index < -0.39 is 6.04 Å². The number of carbonyl (C=O) groups is 3. The van der Waals surface area contributed by atoms with Gasteiger partial charge < -0.3 is 15.1 Å². The van der Waals surface area contributed by atoms with Crippen molar-refractivity contribution >= 4 is 45.4 Å². The van der Waals surface area contributed by atoms with Crippen LogP contribution < -0.4 is 5.32 Å². The van der Waals surface area contributed by atoms with Crippen LogP contribution in [0.1, 0.15) is 23.7 Å². The first-order valence-corrected chi connectivity index (χ1v) is 10.7. The van der Waals surface area contributed by atoms with Crippen molar-refractivity contribution in [3.05, 3.63) is 34.3 Å². The van der Waals surface area contributed by atoms with Gasteiger partial charge in [-0.25, -0.2) is 0 Å². The SMILES string of the molecule is CSCC[C@@H](NC(=O)c1ccccc1Br)C(=O)N1CCN(C(C)=O)CC1. The van der Waals surface area contributed by atoms with Gasteiger partial charge in [0.15, 0.2) is 0 Å². The molecule has 0 aromatic heterocycles. The van der Waals surface area contributed by atoms with Gasteiger partial charge in [0, 0.05) is 37.6 Å². The van der Waals surface area contributed by atoms with Gasteiger partial charge in [-0.2, -0.15) is 11.8 Å². The molecule has 0 spiro atoms. The number of benzene rings is 1. The quantitative estimate of drug-likeness (QED) is 0.732. The maximum absolute atomic E-state index is 12.9. The summed E-state index contributed by atoms with van der Waals surface area (Å²) in [6, 6.07) is 6.59. The highest BCUT2D eigenvalue weighted by Crippen LogP contribution is 2.16. The molecule has 142 valence electrons. The van der Waals surface area contributed by atoms with E-state index in [9.17, 15) is 14.4 Å². The highest BCUT2D eigenvalue weighted by atomic mass is 79.9. The Balaban J connectivity index is 2.04. The Morgan fingerprint density at radius 3 is 2.35 bits per heavy atom. The van der Waals surface area contributed by atoms with Gasteiger partial charge in [0.05, 0.1) is 5.56 Å². The molecule has 0 aliphatic carbocycles. The topological polar surface area (TPSA) is 69.7 Å². The largest absolute Gasteiger partial charge is 0.340 e. The van der Waals surface area contributed by atoms with Gasteiger partial charge in [0.25, 0.3) is 5.91 Å². The Hall–Kier alpha value is -1.54. The van der Waals surface area contributed by atoms with E-state index in [-0.39, 0.29) is 17.7 Å². The van der Waals surface area contributed by atoms with Crippen LogP contribution in [0.25, 0.3) is 0 Å². The highest BCUT2D eigenvalue weighted by molar-refractivity contribution is 9.10. The second-order valence-electron chi connectivity index (χ2n) is 6.12. The van der Waals surface area contributed by atoms with E-state index >= 15 is 0 Å². The second kappa shape index (κ2) is 9.97. The molecule has 1 heterocycles. The average Bonchev–Trinajstić information content (AvgIpc) is 2.64. The summed E-state index contributed by atoms with van der Waals surface area (Å²) in [7, 11) is 0. The molecule has 6 nitrogen and oxygen atoms in total. The number of hydrogen-bond acceptors (Lipinski definition) is 4. The molecule has 0 radical (unpaired) electrons. The van der Waals surface area contributed by atoms with Gasteiger partial charge >= 0.3 is 0 Å². The van der Waals surface area contributed by atoms with Gasteiger partial charge in [-0.3, -0.25) is 14.4 Å². The number of amides is 3. The Labute approximate surface area is 166 Å². The van der Waals surface area contributed by atoms with E-state index in [1.165, 1.54) is 6.92 Å². The molecule has 0 bridgehead atoms. The minimum absolute atomic E-state index is 0.0262. The molecule has 1 aromatic carbocycles. The van der Waals surface area contributed by atoms with Crippen LogP contribution in [0.5, 0.6) is 0 Å². The van der Waals surface area contributed by atoms with Crippen LogP contribution in [0, 0.1) is 0 Å². The van der Waals surface area contributed by atoms with Gasteiger partial charge in [0.1, 0.15) is 6.04 Å². The standard InChI is InChI=1S/C18H24BrN3O3S/c1-13(23)21-8-10-22(11-9-21)18(25)16(7-12-26-2)20-17(24)14-5-3-4-6-15(14)19/h3-6,16H,7-12H2,1-2H3,(H,20,24)/t16-/m1/s1. The van der Waals surface area contributed by atoms with Crippen LogP contribution in [-0.2, 0) is 9.59 Å². The molecule has 1 saturated heterocycles. The summed E-state index contributed by atoms with van der Waals surface area (Å²) in [5.41, 5.74) is 0.510. The van der Waals surface area contributed by atoms with Crippen LogP contribution in [0.4, 0.5) is 0 Å². The monoisotopic (exact) mass is 441 g/mol. The summed E-state index contributed by atoms with van der Waals surface area (Å²) in [6.45, 7) is 3.61. The van der Waals surface area contributed by atoms with Crippen LogP contribution in [0.15, 0.2) is 28.7 Å². The summed E-state index contributed by atoms with van der Waals surface area (Å²) in [5.74, 6) is 0.459. The Bertz CT molecular complexity index is 663. The molecule has 0 saturated carbocycles. The molecular weight excluding hydrogens is 418 g/mol.